The first-order chi connectivity index (χ1) is 9.01. The molecule has 0 fully saturated rings. The lowest BCUT2D eigenvalue weighted by Crippen LogP contribution is -2.52. The molecule has 1 unspecified atom stereocenters. The molecule has 0 saturated carbocycles. The van der Waals surface area contributed by atoms with Crippen LogP contribution in [-0.2, 0) is 4.74 Å². The van der Waals surface area contributed by atoms with Gasteiger partial charge in [0.1, 0.15) is 5.60 Å². The highest BCUT2D eigenvalue weighted by Gasteiger charge is 2.31. The van der Waals surface area contributed by atoms with Gasteiger partial charge in [-0.15, -0.1) is 0 Å². The lowest BCUT2D eigenvalue weighted by Gasteiger charge is -2.34. The van der Waals surface area contributed by atoms with Crippen LogP contribution in [0.4, 0.5) is 4.79 Å². The molecule has 0 bridgehead atoms. The Labute approximate surface area is 121 Å². The first kappa shape index (κ1) is 16.5. The number of hydrogen-bond acceptors (Lipinski definition) is 3. The summed E-state index contributed by atoms with van der Waals surface area (Å²) in [6.45, 7) is 11.3. The van der Waals surface area contributed by atoms with E-state index < -0.39 is 17.2 Å². The Morgan fingerprint density at radius 2 is 1.85 bits per heavy atom. The molecule has 0 spiro atoms. The summed E-state index contributed by atoms with van der Waals surface area (Å²) in [5.41, 5.74) is 7.30. The third-order valence-corrected chi connectivity index (χ3v) is 3.00. The van der Waals surface area contributed by atoms with Crippen molar-refractivity contribution in [2.45, 2.75) is 58.7 Å². The van der Waals surface area contributed by atoms with Gasteiger partial charge in [-0.3, -0.25) is 0 Å². The molecule has 1 atom stereocenters. The van der Waals surface area contributed by atoms with Crippen molar-refractivity contribution in [3.63, 3.8) is 0 Å². The topological polar surface area (TPSA) is 64.3 Å². The number of hydrogen-bond donors (Lipinski definition) is 2. The van der Waals surface area contributed by atoms with Crippen LogP contribution in [0.2, 0.25) is 0 Å². The SMILES string of the molecule is Cc1cccc(C(N)C(C)(C)NC(=O)OC(C)(C)C)c1. The van der Waals surface area contributed by atoms with Crippen LogP contribution in [0.3, 0.4) is 0 Å². The average molecular weight is 278 g/mol. The van der Waals surface area contributed by atoms with E-state index in [-0.39, 0.29) is 6.04 Å². The number of benzene rings is 1. The summed E-state index contributed by atoms with van der Waals surface area (Å²) in [5.74, 6) is 0. The predicted molar refractivity (Wildman–Crippen MR) is 81.6 cm³/mol. The number of nitrogens with one attached hydrogen (secondary N) is 1. The molecule has 3 N–H and O–H groups in total. The molecule has 0 saturated heterocycles. The number of amides is 1. The Morgan fingerprint density at radius 1 is 1.25 bits per heavy atom. The summed E-state index contributed by atoms with van der Waals surface area (Å²) >= 11 is 0. The normalized spacial score (nSPS) is 13.8. The van der Waals surface area contributed by atoms with Crippen molar-refractivity contribution in [1.82, 2.24) is 5.32 Å². The number of carbonyl (C=O) groups is 1. The van der Waals surface area contributed by atoms with Gasteiger partial charge in [0.05, 0.1) is 11.6 Å². The molecule has 0 heterocycles. The maximum Gasteiger partial charge on any atom is 0.408 e. The molecular weight excluding hydrogens is 252 g/mol. The van der Waals surface area contributed by atoms with Crippen molar-refractivity contribution < 1.29 is 9.53 Å². The molecular formula is C16H26N2O2. The standard InChI is InChI=1S/C16H26N2O2/c1-11-8-7-9-12(10-11)13(17)16(5,6)18-14(19)20-15(2,3)4/h7-10,13H,17H2,1-6H3,(H,18,19). The molecule has 4 nitrogen and oxygen atoms in total. The molecule has 1 rings (SSSR count). The zero-order valence-corrected chi connectivity index (χ0v) is 13.3. The Balaban J connectivity index is 2.80. The van der Waals surface area contributed by atoms with Crippen molar-refractivity contribution in [1.29, 1.82) is 0 Å². The van der Waals surface area contributed by atoms with Crippen molar-refractivity contribution in [2.75, 3.05) is 0 Å². The molecule has 0 radical (unpaired) electrons. The van der Waals surface area contributed by atoms with Gasteiger partial charge in [-0.05, 0) is 47.1 Å². The molecule has 20 heavy (non-hydrogen) atoms. The first-order valence-electron chi connectivity index (χ1n) is 6.84. The van der Waals surface area contributed by atoms with Crippen molar-refractivity contribution in [2.24, 2.45) is 5.73 Å². The predicted octanol–water partition coefficient (Wildman–Crippen LogP) is 3.30. The minimum Gasteiger partial charge on any atom is -0.444 e. The number of carbonyl (C=O) groups excluding carboxylic acids is 1. The summed E-state index contributed by atoms with van der Waals surface area (Å²) in [5, 5.41) is 2.84. The fourth-order valence-electron chi connectivity index (χ4n) is 1.92. The summed E-state index contributed by atoms with van der Waals surface area (Å²) < 4.78 is 5.28. The van der Waals surface area contributed by atoms with Crippen LogP contribution >= 0.6 is 0 Å². The molecule has 112 valence electrons. The Kier molecular flexibility index (Phi) is 4.81. The molecule has 0 aromatic heterocycles. The second-order valence-corrected chi connectivity index (χ2v) is 6.74. The van der Waals surface area contributed by atoms with Gasteiger partial charge in [0.15, 0.2) is 0 Å². The van der Waals surface area contributed by atoms with E-state index in [0.29, 0.717) is 0 Å². The highest BCUT2D eigenvalue weighted by Crippen LogP contribution is 2.24. The van der Waals surface area contributed by atoms with Gasteiger partial charge >= 0.3 is 6.09 Å². The van der Waals surface area contributed by atoms with Crippen LogP contribution < -0.4 is 11.1 Å². The van der Waals surface area contributed by atoms with E-state index in [1.165, 1.54) is 0 Å². The monoisotopic (exact) mass is 278 g/mol. The number of ether oxygens (including phenoxy) is 1. The zero-order chi connectivity index (χ0) is 15.6. The second-order valence-electron chi connectivity index (χ2n) is 6.74. The highest BCUT2D eigenvalue weighted by atomic mass is 16.6. The third-order valence-electron chi connectivity index (χ3n) is 3.00. The summed E-state index contributed by atoms with van der Waals surface area (Å²) in [6.07, 6.45) is -0.453. The van der Waals surface area contributed by atoms with E-state index in [4.69, 9.17) is 10.5 Å². The van der Waals surface area contributed by atoms with Crippen LogP contribution in [-0.4, -0.2) is 17.2 Å². The average Bonchev–Trinajstić information content (AvgIpc) is 2.24. The molecule has 1 aromatic rings. The van der Waals surface area contributed by atoms with Crippen LogP contribution in [0.5, 0.6) is 0 Å². The minimum absolute atomic E-state index is 0.310. The maximum absolute atomic E-state index is 11.9. The number of alkyl carbamates (subject to hydrolysis) is 1. The molecule has 1 amide bonds. The smallest absolute Gasteiger partial charge is 0.408 e. The summed E-state index contributed by atoms with van der Waals surface area (Å²) in [6, 6.07) is 7.67. The van der Waals surface area contributed by atoms with Crippen molar-refractivity contribution in [3.8, 4) is 0 Å². The molecule has 0 aliphatic rings. The van der Waals surface area contributed by atoms with E-state index in [2.05, 4.69) is 5.32 Å². The number of nitrogens with two attached hydrogens (primary N) is 1. The van der Waals surface area contributed by atoms with Crippen LogP contribution in [0.15, 0.2) is 24.3 Å². The number of aryl methyl sites for hydroxylation is 1. The lowest BCUT2D eigenvalue weighted by molar-refractivity contribution is 0.0458. The van der Waals surface area contributed by atoms with E-state index in [9.17, 15) is 4.79 Å². The van der Waals surface area contributed by atoms with Gasteiger partial charge in [0.2, 0.25) is 0 Å². The van der Waals surface area contributed by atoms with Gasteiger partial charge in [0.25, 0.3) is 0 Å². The van der Waals surface area contributed by atoms with E-state index in [1.54, 1.807) is 0 Å². The second kappa shape index (κ2) is 5.83. The lowest BCUT2D eigenvalue weighted by atomic mass is 9.89. The maximum atomic E-state index is 11.9. The molecule has 0 aliphatic carbocycles. The van der Waals surface area contributed by atoms with Crippen LogP contribution in [0.25, 0.3) is 0 Å². The molecule has 0 aliphatic heterocycles. The van der Waals surface area contributed by atoms with E-state index >= 15 is 0 Å². The van der Waals surface area contributed by atoms with Gasteiger partial charge < -0.3 is 15.8 Å². The van der Waals surface area contributed by atoms with Gasteiger partial charge in [0, 0.05) is 0 Å². The van der Waals surface area contributed by atoms with E-state index in [0.717, 1.165) is 11.1 Å². The van der Waals surface area contributed by atoms with E-state index in [1.807, 2.05) is 65.8 Å². The van der Waals surface area contributed by atoms with Crippen LogP contribution in [0, 0.1) is 6.92 Å². The number of rotatable bonds is 3. The van der Waals surface area contributed by atoms with Gasteiger partial charge in [-0.2, -0.15) is 0 Å². The van der Waals surface area contributed by atoms with Crippen molar-refractivity contribution >= 4 is 6.09 Å². The van der Waals surface area contributed by atoms with Crippen molar-refractivity contribution in [3.05, 3.63) is 35.4 Å². The zero-order valence-electron chi connectivity index (χ0n) is 13.3. The summed E-state index contributed by atoms with van der Waals surface area (Å²) in [4.78, 5) is 11.9. The fraction of sp³-hybridized carbons (Fsp3) is 0.562. The Bertz CT molecular complexity index is 476. The Morgan fingerprint density at radius 3 is 2.35 bits per heavy atom. The highest BCUT2D eigenvalue weighted by molar-refractivity contribution is 5.68. The minimum atomic E-state index is -0.601. The van der Waals surface area contributed by atoms with Crippen LogP contribution in [0.1, 0.15) is 51.8 Å². The fourth-order valence-corrected chi connectivity index (χ4v) is 1.92. The third kappa shape index (κ3) is 4.85. The largest absolute Gasteiger partial charge is 0.444 e. The molecule has 1 aromatic carbocycles. The van der Waals surface area contributed by atoms with Gasteiger partial charge in [-0.25, -0.2) is 4.79 Å². The summed E-state index contributed by atoms with van der Waals surface area (Å²) in [7, 11) is 0. The first-order valence-corrected chi connectivity index (χ1v) is 6.84. The Hall–Kier alpha value is -1.55. The molecule has 4 heteroatoms. The quantitative estimate of drug-likeness (QED) is 0.891. The van der Waals surface area contributed by atoms with Gasteiger partial charge in [-0.1, -0.05) is 29.8 Å².